The molecule has 1 saturated heterocycles. The number of H-pyrrole nitrogens is 1. The average Bonchev–Trinajstić information content (AvgIpc) is 3.74. The van der Waals surface area contributed by atoms with E-state index in [1.165, 1.54) is 31.4 Å². The Morgan fingerprint density at radius 2 is 2.00 bits per heavy atom. The first-order valence-electron chi connectivity index (χ1n) is 14.9. The molecule has 0 radical (unpaired) electrons. The summed E-state index contributed by atoms with van der Waals surface area (Å²) in [5.74, 6) is -2.02. The van der Waals surface area contributed by atoms with Gasteiger partial charge < -0.3 is 25.5 Å². The van der Waals surface area contributed by atoms with Gasteiger partial charge in [0.05, 0.1) is 35.5 Å². The molecule has 3 heterocycles. The van der Waals surface area contributed by atoms with Crippen LogP contribution in [0.15, 0.2) is 36.4 Å². The van der Waals surface area contributed by atoms with Crippen molar-refractivity contribution in [3.05, 3.63) is 58.7 Å². The quantitative estimate of drug-likeness (QED) is 0.160. The number of Topliss-reactive ketones (excluding diaryl/α,β-unsaturated/α-hetero) is 1. The summed E-state index contributed by atoms with van der Waals surface area (Å²) in [6.07, 6.45) is 0.0580. The number of amides is 2. The first-order valence-corrected chi connectivity index (χ1v) is 15.7. The Labute approximate surface area is 263 Å². The summed E-state index contributed by atoms with van der Waals surface area (Å²) in [4.78, 5) is 48.5. The zero-order chi connectivity index (χ0) is 32.4. The number of carbonyl (C=O) groups is 3. The SMILES string of the molecule is COc1ccc(F)c2[nH]c(C(=O)N[C@@H](CC(C)C)C(O)CN(C)[C@@H](C[C@@H]3CCNC3=O)C(=O)c3nc4c(F)cccc4s3)cc12. The topological polar surface area (TPSA) is 137 Å². The number of nitrogens with zero attached hydrogens (tertiary/aromatic N) is 2. The lowest BCUT2D eigenvalue weighted by molar-refractivity contribution is -0.122. The van der Waals surface area contributed by atoms with Crippen LogP contribution in [-0.2, 0) is 4.79 Å². The third-order valence-electron chi connectivity index (χ3n) is 8.23. The number of halogens is 2. The van der Waals surface area contributed by atoms with Gasteiger partial charge in [0.1, 0.15) is 28.6 Å². The molecule has 4 N–H and O–H groups in total. The van der Waals surface area contributed by atoms with Gasteiger partial charge in [-0.05, 0) is 62.6 Å². The predicted molar refractivity (Wildman–Crippen MR) is 168 cm³/mol. The normalized spacial score (nSPS) is 17.2. The highest BCUT2D eigenvalue weighted by atomic mass is 32.1. The first kappa shape index (κ1) is 32.5. The van der Waals surface area contributed by atoms with Gasteiger partial charge in [0, 0.05) is 24.4 Å². The molecule has 4 atom stereocenters. The fourth-order valence-electron chi connectivity index (χ4n) is 5.86. The first-order chi connectivity index (χ1) is 21.5. The number of likely N-dealkylation sites (N-methyl/N-ethyl adjacent to an activating group) is 1. The number of ether oxygens (including phenoxy) is 1. The van der Waals surface area contributed by atoms with Gasteiger partial charge in [0.25, 0.3) is 5.91 Å². The number of hydrogen-bond acceptors (Lipinski definition) is 8. The Kier molecular flexibility index (Phi) is 9.80. The monoisotopic (exact) mass is 641 g/mol. The molecule has 1 fully saturated rings. The van der Waals surface area contributed by atoms with Gasteiger partial charge in [-0.3, -0.25) is 19.3 Å². The molecule has 0 bridgehead atoms. The van der Waals surface area contributed by atoms with E-state index in [0.717, 1.165) is 11.3 Å². The van der Waals surface area contributed by atoms with Crippen LogP contribution in [0.25, 0.3) is 21.1 Å². The lowest BCUT2D eigenvalue weighted by atomic mass is 9.93. The van der Waals surface area contributed by atoms with E-state index in [1.54, 1.807) is 24.1 Å². The fraction of sp³-hybridized carbons (Fsp3) is 0.438. The number of para-hydroxylation sites is 1. The molecule has 1 unspecified atom stereocenters. The second kappa shape index (κ2) is 13.6. The second-order valence-electron chi connectivity index (χ2n) is 11.9. The molecule has 13 heteroatoms. The number of benzene rings is 2. The van der Waals surface area contributed by atoms with Crippen LogP contribution in [0.4, 0.5) is 8.78 Å². The highest BCUT2D eigenvalue weighted by Crippen LogP contribution is 2.30. The van der Waals surface area contributed by atoms with Gasteiger partial charge in [0.15, 0.2) is 5.01 Å². The van der Waals surface area contributed by atoms with Crippen molar-refractivity contribution < 1.29 is 33.0 Å². The summed E-state index contributed by atoms with van der Waals surface area (Å²) in [5.41, 5.74) is 0.346. The number of aliphatic hydroxyl groups is 1. The van der Waals surface area contributed by atoms with Crippen molar-refractivity contribution in [1.82, 2.24) is 25.5 Å². The van der Waals surface area contributed by atoms with Gasteiger partial charge >= 0.3 is 0 Å². The summed E-state index contributed by atoms with van der Waals surface area (Å²) < 4.78 is 34.7. The van der Waals surface area contributed by atoms with Crippen LogP contribution in [0.1, 0.15) is 53.4 Å². The maximum absolute atomic E-state index is 14.5. The van der Waals surface area contributed by atoms with Crippen LogP contribution in [0.3, 0.4) is 0 Å². The molecule has 10 nitrogen and oxygen atoms in total. The number of aromatic amines is 1. The number of aromatic nitrogens is 2. The molecule has 240 valence electrons. The van der Waals surface area contributed by atoms with Crippen molar-refractivity contribution in [1.29, 1.82) is 0 Å². The average molecular weight is 642 g/mol. The third kappa shape index (κ3) is 7.00. The van der Waals surface area contributed by atoms with Crippen molar-refractivity contribution in [3.8, 4) is 5.75 Å². The molecule has 1 aliphatic heterocycles. The predicted octanol–water partition coefficient (Wildman–Crippen LogP) is 4.28. The van der Waals surface area contributed by atoms with Crippen molar-refractivity contribution >= 4 is 50.1 Å². The van der Waals surface area contributed by atoms with Crippen LogP contribution < -0.4 is 15.4 Å². The van der Waals surface area contributed by atoms with Crippen molar-refractivity contribution in [3.63, 3.8) is 0 Å². The standard InChI is InChI=1S/C32H37F2N5O5S/c1-16(2)12-21(37-31(43)22-14-18-25(44-4)9-8-20(34)27(18)36-22)24(40)15-39(3)23(13-17-10-11-35-30(17)42)29(41)32-38-28-19(33)6-5-7-26(28)45-32/h5-9,14,16-17,21,23-24,36,40H,10-13,15H2,1-4H3,(H,35,42)(H,37,43)/t17-,21-,23-,24?/m0/s1. The molecular weight excluding hydrogens is 604 g/mol. The number of fused-ring (bicyclic) bond motifs is 2. The van der Waals surface area contributed by atoms with Gasteiger partial charge in [-0.1, -0.05) is 19.9 Å². The zero-order valence-electron chi connectivity index (χ0n) is 25.5. The molecular formula is C32H37F2N5O5S. The molecule has 5 rings (SSSR count). The van der Waals surface area contributed by atoms with Crippen LogP contribution >= 0.6 is 11.3 Å². The van der Waals surface area contributed by atoms with Crippen molar-refractivity contribution in [2.45, 2.75) is 51.3 Å². The van der Waals surface area contributed by atoms with Crippen LogP contribution in [0.2, 0.25) is 0 Å². The summed E-state index contributed by atoms with van der Waals surface area (Å²) in [6, 6.07) is 7.20. The molecule has 0 aliphatic carbocycles. The van der Waals surface area contributed by atoms with Gasteiger partial charge in [-0.25, -0.2) is 13.8 Å². The zero-order valence-corrected chi connectivity index (χ0v) is 26.3. The highest BCUT2D eigenvalue weighted by Gasteiger charge is 2.36. The molecule has 45 heavy (non-hydrogen) atoms. The van der Waals surface area contributed by atoms with Gasteiger partial charge in [-0.15, -0.1) is 11.3 Å². The van der Waals surface area contributed by atoms with E-state index in [0.29, 0.717) is 35.2 Å². The fourth-order valence-corrected chi connectivity index (χ4v) is 6.83. The van der Waals surface area contributed by atoms with Crippen molar-refractivity contribution in [2.24, 2.45) is 11.8 Å². The number of thiazole rings is 1. The minimum Gasteiger partial charge on any atom is -0.496 e. The number of carbonyl (C=O) groups excluding carboxylic acids is 3. The molecule has 2 aromatic heterocycles. The van der Waals surface area contributed by atoms with Crippen LogP contribution in [0.5, 0.6) is 5.75 Å². The lowest BCUT2D eigenvalue weighted by Crippen LogP contribution is -2.51. The number of methoxy groups -OCH3 is 1. The maximum Gasteiger partial charge on any atom is 0.268 e. The molecule has 2 aromatic carbocycles. The molecule has 0 spiro atoms. The Balaban J connectivity index is 1.37. The van der Waals surface area contributed by atoms with E-state index in [2.05, 4.69) is 20.6 Å². The Bertz CT molecular complexity index is 1720. The van der Waals surface area contributed by atoms with Gasteiger partial charge in [-0.2, -0.15) is 0 Å². The molecule has 0 saturated carbocycles. The van der Waals surface area contributed by atoms with Crippen LogP contribution in [-0.4, -0.2) is 83.0 Å². The second-order valence-corrected chi connectivity index (χ2v) is 13.0. The maximum atomic E-state index is 14.5. The van der Waals surface area contributed by atoms with E-state index in [-0.39, 0.29) is 52.3 Å². The minimum atomic E-state index is -1.11. The lowest BCUT2D eigenvalue weighted by Gasteiger charge is -2.33. The Morgan fingerprint density at radius 1 is 1.22 bits per heavy atom. The summed E-state index contributed by atoms with van der Waals surface area (Å²) in [7, 11) is 3.13. The Hall–Kier alpha value is -3.94. The van der Waals surface area contributed by atoms with Crippen molar-refractivity contribution in [2.75, 3.05) is 27.2 Å². The highest BCUT2D eigenvalue weighted by molar-refractivity contribution is 7.20. The van der Waals surface area contributed by atoms with Gasteiger partial charge in [0.2, 0.25) is 11.7 Å². The Morgan fingerprint density at radius 3 is 2.67 bits per heavy atom. The number of ketones is 1. The van der Waals surface area contributed by atoms with E-state index < -0.39 is 41.6 Å². The molecule has 4 aromatic rings. The van der Waals surface area contributed by atoms with E-state index in [1.807, 2.05) is 13.8 Å². The summed E-state index contributed by atoms with van der Waals surface area (Å²) >= 11 is 1.08. The molecule has 2 amide bonds. The summed E-state index contributed by atoms with van der Waals surface area (Å²) in [5, 5.41) is 17.7. The largest absolute Gasteiger partial charge is 0.496 e. The minimum absolute atomic E-state index is 0.0170. The summed E-state index contributed by atoms with van der Waals surface area (Å²) in [6.45, 7) is 4.40. The van der Waals surface area contributed by atoms with E-state index in [4.69, 9.17) is 4.74 Å². The number of nitrogens with one attached hydrogen (secondary N) is 3. The smallest absolute Gasteiger partial charge is 0.268 e. The van der Waals surface area contributed by atoms with E-state index in [9.17, 15) is 28.3 Å². The molecule has 1 aliphatic rings. The third-order valence-corrected chi connectivity index (χ3v) is 9.27. The number of aliphatic hydroxyl groups excluding tert-OH is 1. The number of hydrogen-bond donors (Lipinski definition) is 4. The van der Waals surface area contributed by atoms with Crippen LogP contribution in [0, 0.1) is 23.5 Å². The number of rotatable bonds is 13. The van der Waals surface area contributed by atoms with E-state index >= 15 is 0 Å².